The van der Waals surface area contributed by atoms with E-state index < -0.39 is 0 Å². The molecule has 3 aliphatic rings. The van der Waals surface area contributed by atoms with Crippen LogP contribution in [-0.2, 0) is 16.1 Å². The van der Waals surface area contributed by atoms with E-state index in [1.165, 1.54) is 6.08 Å². The monoisotopic (exact) mass is 391 g/mol. The number of hydrogen-bond acceptors (Lipinski definition) is 2. The van der Waals surface area contributed by atoms with E-state index in [0.717, 1.165) is 16.8 Å². The number of anilines is 1. The second-order valence-corrected chi connectivity index (χ2v) is 7.72. The lowest BCUT2D eigenvalue weighted by Crippen LogP contribution is -2.25. The summed E-state index contributed by atoms with van der Waals surface area (Å²) in [5.41, 5.74) is 3.80. The van der Waals surface area contributed by atoms with E-state index in [9.17, 15) is 9.59 Å². The highest BCUT2D eigenvalue weighted by Gasteiger charge is 2.33. The fourth-order valence-electron chi connectivity index (χ4n) is 4.23. The Hall–Kier alpha value is -3.72. The molecule has 0 N–H and O–H groups in total. The van der Waals surface area contributed by atoms with Crippen LogP contribution in [0.1, 0.15) is 11.1 Å². The van der Waals surface area contributed by atoms with E-state index in [2.05, 4.69) is 18.2 Å². The third kappa shape index (κ3) is 3.29. The number of rotatable bonds is 4. The summed E-state index contributed by atoms with van der Waals surface area (Å²) >= 11 is 0. The van der Waals surface area contributed by atoms with Gasteiger partial charge in [-0.2, -0.15) is 0 Å². The van der Waals surface area contributed by atoms with Gasteiger partial charge in [-0.1, -0.05) is 91.1 Å². The van der Waals surface area contributed by atoms with Gasteiger partial charge in [0.15, 0.2) is 5.78 Å². The van der Waals surface area contributed by atoms with Gasteiger partial charge in [-0.3, -0.25) is 9.59 Å². The normalized spacial score (nSPS) is 22.8. The van der Waals surface area contributed by atoms with Gasteiger partial charge in [0.1, 0.15) is 0 Å². The van der Waals surface area contributed by atoms with Crippen LogP contribution >= 0.6 is 0 Å². The van der Waals surface area contributed by atoms with Crippen LogP contribution in [0.25, 0.3) is 5.57 Å². The Balaban J connectivity index is 1.46. The van der Waals surface area contributed by atoms with Crippen molar-refractivity contribution < 1.29 is 9.59 Å². The molecule has 0 radical (unpaired) electrons. The third-order valence-electron chi connectivity index (χ3n) is 5.80. The maximum atomic E-state index is 13.3. The molecular weight excluding hydrogens is 370 g/mol. The van der Waals surface area contributed by atoms with Gasteiger partial charge >= 0.3 is 0 Å². The molecule has 5 rings (SSSR count). The van der Waals surface area contributed by atoms with E-state index in [1.807, 2.05) is 78.9 Å². The zero-order chi connectivity index (χ0) is 20.5. The molecule has 2 aromatic rings. The standard InChI is InChI=1S/C27H21NO2/c29-26(22-15-14-20-10-4-5-11-21(20)16-22)17-24-23-12-6-7-13-25(23)28(27(24)30)18-19-8-2-1-3-9-19/h1-17,20-21H,18H2/b24-17+. The van der Waals surface area contributed by atoms with Crippen LogP contribution in [-0.4, -0.2) is 11.7 Å². The van der Waals surface area contributed by atoms with Crippen LogP contribution in [0, 0.1) is 11.8 Å². The molecule has 2 aromatic carbocycles. The van der Waals surface area contributed by atoms with Crippen molar-refractivity contribution in [1.82, 2.24) is 0 Å². The predicted octanol–water partition coefficient (Wildman–Crippen LogP) is 5.04. The van der Waals surface area contributed by atoms with Gasteiger partial charge in [0.25, 0.3) is 5.91 Å². The van der Waals surface area contributed by atoms with Crippen LogP contribution in [0.3, 0.4) is 0 Å². The lowest BCUT2D eigenvalue weighted by atomic mass is 9.82. The Labute approximate surface area is 176 Å². The summed E-state index contributed by atoms with van der Waals surface area (Å²) < 4.78 is 0. The van der Waals surface area contributed by atoms with Crippen molar-refractivity contribution in [3.63, 3.8) is 0 Å². The fraction of sp³-hybridized carbons (Fsp3) is 0.111. The predicted molar refractivity (Wildman–Crippen MR) is 120 cm³/mol. The first kappa shape index (κ1) is 18.3. The summed E-state index contributed by atoms with van der Waals surface area (Å²) in [7, 11) is 0. The van der Waals surface area contributed by atoms with Gasteiger partial charge < -0.3 is 4.90 Å². The fourth-order valence-corrected chi connectivity index (χ4v) is 4.23. The summed E-state index contributed by atoms with van der Waals surface area (Å²) in [6.07, 6.45) is 15.7. The summed E-state index contributed by atoms with van der Waals surface area (Å²) in [5, 5.41) is 0. The molecule has 30 heavy (non-hydrogen) atoms. The molecule has 1 amide bonds. The first-order valence-corrected chi connectivity index (χ1v) is 10.2. The van der Waals surface area contributed by atoms with Crippen molar-refractivity contribution in [1.29, 1.82) is 0 Å². The molecule has 0 aromatic heterocycles. The van der Waals surface area contributed by atoms with Gasteiger partial charge in [-0.25, -0.2) is 0 Å². The lowest BCUT2D eigenvalue weighted by Gasteiger charge is -2.22. The first-order valence-electron chi connectivity index (χ1n) is 10.2. The Morgan fingerprint density at radius 3 is 2.47 bits per heavy atom. The number of carbonyl (C=O) groups excluding carboxylic acids is 2. The Kier molecular flexibility index (Phi) is 4.64. The molecule has 1 heterocycles. The number of nitrogens with zero attached hydrogens (tertiary/aromatic N) is 1. The van der Waals surface area contributed by atoms with E-state index in [-0.39, 0.29) is 17.6 Å². The maximum Gasteiger partial charge on any atom is 0.259 e. The molecule has 3 nitrogen and oxygen atoms in total. The molecule has 2 aliphatic carbocycles. The molecule has 146 valence electrons. The van der Waals surface area contributed by atoms with Crippen LogP contribution in [0.2, 0.25) is 0 Å². The average molecular weight is 391 g/mol. The molecule has 0 saturated heterocycles. The number of carbonyl (C=O) groups is 2. The van der Waals surface area contributed by atoms with Crippen LogP contribution in [0.4, 0.5) is 5.69 Å². The summed E-state index contributed by atoms with van der Waals surface area (Å²) in [4.78, 5) is 28.1. The zero-order valence-electron chi connectivity index (χ0n) is 16.4. The van der Waals surface area contributed by atoms with Crippen molar-refractivity contribution >= 4 is 23.0 Å². The van der Waals surface area contributed by atoms with Crippen molar-refractivity contribution in [2.75, 3.05) is 4.90 Å². The maximum absolute atomic E-state index is 13.3. The molecule has 0 fully saturated rings. The molecule has 0 saturated carbocycles. The Morgan fingerprint density at radius 1 is 0.900 bits per heavy atom. The van der Waals surface area contributed by atoms with Gasteiger partial charge in [0.2, 0.25) is 0 Å². The second-order valence-electron chi connectivity index (χ2n) is 7.72. The number of ketones is 1. The Bertz CT molecular complexity index is 1160. The molecular formula is C27H21NO2. The highest BCUT2D eigenvalue weighted by molar-refractivity contribution is 6.35. The topological polar surface area (TPSA) is 37.4 Å². The average Bonchev–Trinajstić information content (AvgIpc) is 3.05. The van der Waals surface area contributed by atoms with Crippen molar-refractivity contribution in [2.45, 2.75) is 6.54 Å². The number of benzene rings is 2. The number of allylic oxidation sites excluding steroid dienone is 9. The largest absolute Gasteiger partial charge is 0.303 e. The van der Waals surface area contributed by atoms with E-state index in [0.29, 0.717) is 23.6 Å². The first-order chi connectivity index (χ1) is 14.7. The van der Waals surface area contributed by atoms with Gasteiger partial charge in [-0.15, -0.1) is 0 Å². The molecule has 0 bridgehead atoms. The van der Waals surface area contributed by atoms with Gasteiger partial charge in [-0.05, 0) is 17.7 Å². The molecule has 2 atom stereocenters. The number of amides is 1. The molecule has 3 heteroatoms. The summed E-state index contributed by atoms with van der Waals surface area (Å²) in [6, 6.07) is 17.6. The quantitative estimate of drug-likeness (QED) is 0.685. The molecule has 2 unspecified atom stereocenters. The van der Waals surface area contributed by atoms with Crippen molar-refractivity contribution in [3.8, 4) is 0 Å². The van der Waals surface area contributed by atoms with Crippen LogP contribution < -0.4 is 4.90 Å². The van der Waals surface area contributed by atoms with Crippen molar-refractivity contribution in [2.24, 2.45) is 11.8 Å². The minimum absolute atomic E-state index is 0.132. The van der Waals surface area contributed by atoms with Gasteiger partial charge in [0, 0.05) is 23.0 Å². The molecule has 1 aliphatic heterocycles. The minimum atomic E-state index is -0.132. The highest BCUT2D eigenvalue weighted by atomic mass is 16.2. The van der Waals surface area contributed by atoms with E-state index in [4.69, 9.17) is 0 Å². The SMILES string of the molecule is O=C(/C=C1/C(=O)N(Cc2ccccc2)c2ccccc21)C1=CC2C=CC=CC2C=C1. The Morgan fingerprint density at radius 2 is 1.63 bits per heavy atom. The van der Waals surface area contributed by atoms with Crippen LogP contribution in [0.5, 0.6) is 0 Å². The van der Waals surface area contributed by atoms with E-state index >= 15 is 0 Å². The smallest absolute Gasteiger partial charge is 0.259 e. The van der Waals surface area contributed by atoms with Gasteiger partial charge in [0.05, 0.1) is 17.8 Å². The minimum Gasteiger partial charge on any atom is -0.303 e. The number of hydrogen-bond donors (Lipinski definition) is 0. The summed E-state index contributed by atoms with van der Waals surface area (Å²) in [6.45, 7) is 0.478. The number of fused-ring (bicyclic) bond motifs is 2. The van der Waals surface area contributed by atoms with E-state index in [1.54, 1.807) is 4.90 Å². The zero-order valence-corrected chi connectivity index (χ0v) is 16.4. The van der Waals surface area contributed by atoms with Crippen LogP contribution in [0.15, 0.2) is 109 Å². The summed E-state index contributed by atoms with van der Waals surface area (Å²) in [5.74, 6) is 0.229. The lowest BCUT2D eigenvalue weighted by molar-refractivity contribution is -0.114. The molecule has 0 spiro atoms. The van der Waals surface area contributed by atoms with Crippen molar-refractivity contribution in [3.05, 3.63) is 120 Å². The second kappa shape index (κ2) is 7.60. The third-order valence-corrected chi connectivity index (χ3v) is 5.80. The highest BCUT2D eigenvalue weighted by Crippen LogP contribution is 2.38. The number of para-hydroxylation sites is 1.